The van der Waals surface area contributed by atoms with E-state index in [-0.39, 0.29) is 12.5 Å². The number of hydrogen-bond donors (Lipinski definition) is 3. The van der Waals surface area contributed by atoms with E-state index in [4.69, 9.17) is 9.84 Å². The summed E-state index contributed by atoms with van der Waals surface area (Å²) in [6.07, 6.45) is 0. The highest BCUT2D eigenvalue weighted by atomic mass is 16.5. The molecule has 0 radical (unpaired) electrons. The Balaban J connectivity index is 2.72. The maximum absolute atomic E-state index is 11.9. The van der Waals surface area contributed by atoms with Gasteiger partial charge in [-0.1, -0.05) is 12.1 Å². The van der Waals surface area contributed by atoms with Crippen LogP contribution in [0.4, 0.5) is 0 Å². The molecule has 5 heteroatoms. The minimum Gasteiger partial charge on any atom is -0.493 e. The van der Waals surface area contributed by atoms with E-state index in [1.807, 2.05) is 6.92 Å². The van der Waals surface area contributed by atoms with Gasteiger partial charge < -0.3 is 20.3 Å². The lowest BCUT2D eigenvalue weighted by atomic mass is 10.1. The van der Waals surface area contributed by atoms with Gasteiger partial charge in [0.2, 0.25) is 0 Å². The Morgan fingerprint density at radius 2 is 2.11 bits per heavy atom. The lowest BCUT2D eigenvalue weighted by Gasteiger charge is -2.21. The van der Waals surface area contributed by atoms with E-state index >= 15 is 0 Å². The molecule has 0 saturated heterocycles. The van der Waals surface area contributed by atoms with Crippen LogP contribution in [0.15, 0.2) is 24.3 Å². The van der Waals surface area contributed by atoms with Gasteiger partial charge >= 0.3 is 0 Å². The van der Waals surface area contributed by atoms with Gasteiger partial charge in [0.05, 0.1) is 18.8 Å². The molecule has 100 valence electrons. The van der Waals surface area contributed by atoms with Crippen molar-refractivity contribution in [3.63, 3.8) is 0 Å². The normalized spacial score (nSPS) is 13.8. The van der Waals surface area contributed by atoms with Gasteiger partial charge in [0, 0.05) is 6.54 Å². The summed E-state index contributed by atoms with van der Waals surface area (Å²) in [7, 11) is 0. The second-order valence-electron chi connectivity index (χ2n) is 4.27. The van der Waals surface area contributed by atoms with Crippen LogP contribution >= 0.6 is 0 Å². The fraction of sp³-hybridized carbons (Fsp3) is 0.462. The Bertz CT molecular complexity index is 404. The zero-order chi connectivity index (χ0) is 13.6. The van der Waals surface area contributed by atoms with Crippen LogP contribution in [0.3, 0.4) is 0 Å². The molecule has 5 nitrogen and oxygen atoms in total. The van der Waals surface area contributed by atoms with Crippen molar-refractivity contribution < 1.29 is 19.7 Å². The number of amides is 1. The standard InChI is InChI=1S/C13H19NO4/c1-3-18-11-7-5-4-6-10(11)12(16)14-8-13(2,17)9-15/h4-7,15,17H,3,8-9H2,1-2H3,(H,14,16). The van der Waals surface area contributed by atoms with Gasteiger partial charge in [-0.15, -0.1) is 0 Å². The molecule has 0 aliphatic carbocycles. The van der Waals surface area contributed by atoms with Crippen LogP contribution in [0.25, 0.3) is 0 Å². The maximum atomic E-state index is 11.9. The molecule has 0 aliphatic heterocycles. The first kappa shape index (κ1) is 14.5. The van der Waals surface area contributed by atoms with Crippen LogP contribution in [-0.4, -0.2) is 41.5 Å². The first-order valence-electron chi connectivity index (χ1n) is 5.83. The number of aliphatic hydroxyl groups excluding tert-OH is 1. The van der Waals surface area contributed by atoms with Crippen molar-refractivity contribution in [2.75, 3.05) is 19.8 Å². The van der Waals surface area contributed by atoms with E-state index in [2.05, 4.69) is 5.32 Å². The second kappa shape index (κ2) is 6.37. The quantitative estimate of drug-likeness (QED) is 0.692. The summed E-state index contributed by atoms with van der Waals surface area (Å²) < 4.78 is 5.34. The number of rotatable bonds is 6. The number of hydrogen-bond acceptors (Lipinski definition) is 4. The van der Waals surface area contributed by atoms with Gasteiger partial charge in [-0.05, 0) is 26.0 Å². The first-order chi connectivity index (χ1) is 8.50. The average molecular weight is 253 g/mol. The molecular formula is C13H19NO4. The van der Waals surface area contributed by atoms with Crippen molar-refractivity contribution in [3.05, 3.63) is 29.8 Å². The molecule has 1 aromatic carbocycles. The van der Waals surface area contributed by atoms with Crippen molar-refractivity contribution >= 4 is 5.91 Å². The van der Waals surface area contributed by atoms with Gasteiger partial charge in [-0.2, -0.15) is 0 Å². The van der Waals surface area contributed by atoms with Crippen LogP contribution in [-0.2, 0) is 0 Å². The lowest BCUT2D eigenvalue weighted by molar-refractivity contribution is 0.00317. The maximum Gasteiger partial charge on any atom is 0.255 e. The Morgan fingerprint density at radius 1 is 1.44 bits per heavy atom. The number of benzene rings is 1. The molecule has 0 fully saturated rings. The summed E-state index contributed by atoms with van der Waals surface area (Å²) in [5, 5.41) is 21.0. The van der Waals surface area contributed by atoms with E-state index in [1.165, 1.54) is 6.92 Å². The molecule has 1 aromatic rings. The molecule has 1 unspecified atom stereocenters. The number of carbonyl (C=O) groups is 1. The second-order valence-corrected chi connectivity index (χ2v) is 4.27. The summed E-state index contributed by atoms with van der Waals surface area (Å²) in [4.78, 5) is 11.9. The van der Waals surface area contributed by atoms with Crippen LogP contribution in [0.1, 0.15) is 24.2 Å². The van der Waals surface area contributed by atoms with E-state index in [0.717, 1.165) is 0 Å². The predicted molar refractivity (Wildman–Crippen MR) is 67.7 cm³/mol. The fourth-order valence-corrected chi connectivity index (χ4v) is 1.36. The molecule has 0 spiro atoms. The molecule has 1 atom stereocenters. The summed E-state index contributed by atoms with van der Waals surface area (Å²) in [5.74, 6) is 0.161. The highest BCUT2D eigenvalue weighted by molar-refractivity contribution is 5.96. The SMILES string of the molecule is CCOc1ccccc1C(=O)NCC(C)(O)CO. The molecule has 0 heterocycles. The summed E-state index contributed by atoms with van der Waals surface area (Å²) in [6.45, 7) is 3.31. The van der Waals surface area contributed by atoms with Crippen molar-refractivity contribution in [1.82, 2.24) is 5.32 Å². The molecule has 0 bridgehead atoms. The smallest absolute Gasteiger partial charge is 0.255 e. The molecule has 1 rings (SSSR count). The molecule has 0 aliphatic rings. The third-order valence-corrected chi connectivity index (χ3v) is 2.40. The van der Waals surface area contributed by atoms with Gasteiger partial charge in [-0.3, -0.25) is 4.79 Å². The lowest BCUT2D eigenvalue weighted by Crippen LogP contribution is -2.43. The number of aliphatic hydroxyl groups is 2. The third kappa shape index (κ3) is 4.01. The highest BCUT2D eigenvalue weighted by Crippen LogP contribution is 2.17. The van der Waals surface area contributed by atoms with E-state index in [9.17, 15) is 9.90 Å². The topological polar surface area (TPSA) is 78.8 Å². The Hall–Kier alpha value is -1.59. The molecule has 1 amide bonds. The minimum absolute atomic E-state index is 0.0250. The summed E-state index contributed by atoms with van der Waals surface area (Å²) >= 11 is 0. The van der Waals surface area contributed by atoms with Crippen molar-refractivity contribution in [2.24, 2.45) is 0 Å². The largest absolute Gasteiger partial charge is 0.493 e. The Kier molecular flexibility index (Phi) is 5.12. The number of ether oxygens (including phenoxy) is 1. The molecule has 18 heavy (non-hydrogen) atoms. The first-order valence-corrected chi connectivity index (χ1v) is 5.83. The minimum atomic E-state index is -1.32. The van der Waals surface area contributed by atoms with Gasteiger partial charge in [0.15, 0.2) is 0 Å². The number of nitrogens with one attached hydrogen (secondary N) is 1. The van der Waals surface area contributed by atoms with Gasteiger partial charge in [-0.25, -0.2) is 0 Å². The third-order valence-electron chi connectivity index (χ3n) is 2.40. The van der Waals surface area contributed by atoms with Crippen LogP contribution < -0.4 is 10.1 Å². The zero-order valence-electron chi connectivity index (χ0n) is 10.6. The highest BCUT2D eigenvalue weighted by Gasteiger charge is 2.21. The van der Waals surface area contributed by atoms with Crippen LogP contribution in [0, 0.1) is 0 Å². The number of para-hydroxylation sites is 1. The average Bonchev–Trinajstić information content (AvgIpc) is 2.37. The Morgan fingerprint density at radius 3 is 2.72 bits per heavy atom. The van der Waals surface area contributed by atoms with Gasteiger partial charge in [0.25, 0.3) is 5.91 Å². The van der Waals surface area contributed by atoms with Crippen LogP contribution in [0.2, 0.25) is 0 Å². The van der Waals surface area contributed by atoms with Gasteiger partial charge in [0.1, 0.15) is 11.4 Å². The van der Waals surface area contributed by atoms with Crippen molar-refractivity contribution in [1.29, 1.82) is 0 Å². The summed E-state index contributed by atoms with van der Waals surface area (Å²) in [6, 6.07) is 6.88. The van der Waals surface area contributed by atoms with E-state index in [1.54, 1.807) is 24.3 Å². The fourth-order valence-electron chi connectivity index (χ4n) is 1.36. The van der Waals surface area contributed by atoms with Crippen molar-refractivity contribution in [3.8, 4) is 5.75 Å². The van der Waals surface area contributed by atoms with E-state index in [0.29, 0.717) is 17.9 Å². The molecule has 0 aromatic heterocycles. The van der Waals surface area contributed by atoms with Crippen LogP contribution in [0.5, 0.6) is 5.75 Å². The monoisotopic (exact) mass is 253 g/mol. The Labute approximate surface area is 106 Å². The predicted octanol–water partition coefficient (Wildman–Crippen LogP) is 0.558. The van der Waals surface area contributed by atoms with E-state index < -0.39 is 12.2 Å². The zero-order valence-corrected chi connectivity index (χ0v) is 10.6. The molecular weight excluding hydrogens is 234 g/mol. The molecule has 3 N–H and O–H groups in total. The number of carbonyl (C=O) groups excluding carboxylic acids is 1. The van der Waals surface area contributed by atoms with Crippen molar-refractivity contribution in [2.45, 2.75) is 19.4 Å². The molecule has 0 saturated carbocycles. The summed E-state index contributed by atoms with van der Waals surface area (Å²) in [5.41, 5.74) is -0.913.